The number of nitrogens with zero attached hydrogens (tertiary/aromatic N) is 3. The number of rotatable bonds is 11. The summed E-state index contributed by atoms with van der Waals surface area (Å²) in [5, 5.41) is 10.3. The summed E-state index contributed by atoms with van der Waals surface area (Å²) in [6.07, 6.45) is 3.07. The lowest BCUT2D eigenvalue weighted by Crippen LogP contribution is -2.32. The molecule has 0 unspecified atom stereocenters. The largest absolute Gasteiger partial charge is 0.497 e. The monoisotopic (exact) mass is 411 g/mol. The summed E-state index contributed by atoms with van der Waals surface area (Å²) in [4.78, 5) is 6.31. The third kappa shape index (κ3) is 6.50. The van der Waals surface area contributed by atoms with Crippen LogP contribution in [0.2, 0.25) is 0 Å². The summed E-state index contributed by atoms with van der Waals surface area (Å²) >= 11 is 0. The van der Waals surface area contributed by atoms with Gasteiger partial charge >= 0.3 is 0 Å². The quantitative estimate of drug-likeness (QED) is 0.523. The highest BCUT2D eigenvalue weighted by Crippen LogP contribution is 2.18. The average Bonchev–Trinajstić information content (AvgIpc) is 3.16. The minimum absolute atomic E-state index is 0.233. The van der Waals surface area contributed by atoms with Crippen LogP contribution in [0.15, 0.2) is 60.9 Å². The second kappa shape index (κ2) is 10.7. The first kappa shape index (κ1) is 21.7. The molecule has 0 aliphatic carbocycles. The summed E-state index contributed by atoms with van der Waals surface area (Å²) < 4.78 is 18.5. The molecule has 1 N–H and O–H groups in total. The van der Waals surface area contributed by atoms with Gasteiger partial charge in [-0.25, -0.2) is 4.98 Å². The lowest BCUT2D eigenvalue weighted by molar-refractivity contribution is 0.0743. The minimum Gasteiger partial charge on any atom is -0.497 e. The third-order valence-corrected chi connectivity index (χ3v) is 4.69. The summed E-state index contributed by atoms with van der Waals surface area (Å²) in [6.45, 7) is 1.90. The molecule has 0 amide bonds. The number of benzene rings is 2. The zero-order valence-corrected chi connectivity index (χ0v) is 17.7. The van der Waals surface area contributed by atoms with Crippen LogP contribution in [-0.2, 0) is 20.2 Å². The Bertz CT molecular complexity index is 894. The Kier molecular flexibility index (Phi) is 7.70. The number of hydrogen-bond donors (Lipinski definition) is 1. The predicted molar refractivity (Wildman–Crippen MR) is 115 cm³/mol. The molecule has 0 aliphatic heterocycles. The molecule has 3 rings (SSSR count). The van der Waals surface area contributed by atoms with E-state index in [9.17, 15) is 5.11 Å². The van der Waals surface area contributed by atoms with E-state index in [1.807, 2.05) is 73.4 Å². The van der Waals surface area contributed by atoms with Crippen molar-refractivity contribution in [3.63, 3.8) is 0 Å². The maximum Gasteiger partial charge on any atom is 0.146 e. The van der Waals surface area contributed by atoms with Crippen molar-refractivity contribution >= 4 is 0 Å². The molecule has 1 aromatic heterocycles. The van der Waals surface area contributed by atoms with E-state index in [0.29, 0.717) is 18.9 Å². The Morgan fingerprint density at radius 1 is 1.00 bits per heavy atom. The molecule has 3 aromatic rings. The fourth-order valence-corrected chi connectivity index (χ4v) is 3.03. The summed E-state index contributed by atoms with van der Waals surface area (Å²) in [5.41, 5.74) is 1.14. The molecule has 0 fully saturated rings. The Labute approximate surface area is 177 Å². The molecule has 0 spiro atoms. The molecule has 0 saturated carbocycles. The van der Waals surface area contributed by atoms with Crippen LogP contribution >= 0.6 is 0 Å². The van der Waals surface area contributed by atoms with Crippen LogP contribution in [0.4, 0.5) is 0 Å². The summed E-state index contributed by atoms with van der Waals surface area (Å²) in [5.74, 6) is 3.16. The third-order valence-electron chi connectivity index (χ3n) is 4.69. The molecule has 0 radical (unpaired) electrons. The summed E-state index contributed by atoms with van der Waals surface area (Å²) in [7, 11) is 5.54. The van der Waals surface area contributed by atoms with Crippen LogP contribution < -0.4 is 14.2 Å². The molecule has 0 bridgehead atoms. The number of aliphatic hydroxyl groups is 1. The first-order valence-corrected chi connectivity index (χ1v) is 9.85. The van der Waals surface area contributed by atoms with Crippen molar-refractivity contribution in [2.24, 2.45) is 7.05 Å². The molecular formula is C23H29N3O4. The minimum atomic E-state index is -0.586. The van der Waals surface area contributed by atoms with Gasteiger partial charge in [0.1, 0.15) is 42.4 Å². The Morgan fingerprint density at radius 2 is 1.63 bits per heavy atom. The van der Waals surface area contributed by atoms with Gasteiger partial charge in [0.05, 0.1) is 7.11 Å². The number of methoxy groups -OCH3 is 1. The molecule has 1 heterocycles. The van der Waals surface area contributed by atoms with Crippen LogP contribution in [-0.4, -0.2) is 53.0 Å². The zero-order valence-electron chi connectivity index (χ0n) is 17.7. The topological polar surface area (TPSA) is 69.0 Å². The molecular weight excluding hydrogens is 382 g/mol. The summed E-state index contributed by atoms with van der Waals surface area (Å²) in [6, 6.07) is 15.3. The normalized spacial score (nSPS) is 12.0. The first-order chi connectivity index (χ1) is 14.5. The number of aryl methyl sites for hydroxylation is 1. The van der Waals surface area contributed by atoms with Gasteiger partial charge in [0, 0.05) is 32.5 Å². The molecule has 7 heteroatoms. The van der Waals surface area contributed by atoms with E-state index in [0.717, 1.165) is 29.4 Å². The number of aliphatic hydroxyl groups excluding tert-OH is 1. The van der Waals surface area contributed by atoms with Crippen molar-refractivity contribution in [3.8, 4) is 17.2 Å². The van der Waals surface area contributed by atoms with E-state index >= 15 is 0 Å². The second-order valence-corrected chi connectivity index (χ2v) is 7.22. The molecule has 1 atom stereocenters. The Morgan fingerprint density at radius 3 is 2.27 bits per heavy atom. The van der Waals surface area contributed by atoms with Crippen LogP contribution in [0.5, 0.6) is 17.2 Å². The number of imidazole rings is 1. The number of hydrogen-bond acceptors (Lipinski definition) is 6. The maximum absolute atomic E-state index is 10.3. The lowest BCUT2D eigenvalue weighted by Gasteiger charge is -2.21. The van der Waals surface area contributed by atoms with E-state index in [-0.39, 0.29) is 6.61 Å². The van der Waals surface area contributed by atoms with E-state index in [1.54, 1.807) is 13.3 Å². The van der Waals surface area contributed by atoms with Crippen molar-refractivity contribution in [1.82, 2.24) is 14.5 Å². The van der Waals surface area contributed by atoms with Gasteiger partial charge in [0.15, 0.2) is 0 Å². The van der Waals surface area contributed by atoms with Gasteiger partial charge in [-0.15, -0.1) is 0 Å². The molecule has 0 aliphatic rings. The van der Waals surface area contributed by atoms with Crippen molar-refractivity contribution in [3.05, 3.63) is 72.3 Å². The van der Waals surface area contributed by atoms with Gasteiger partial charge in [-0.2, -0.15) is 0 Å². The molecule has 30 heavy (non-hydrogen) atoms. The highest BCUT2D eigenvalue weighted by Gasteiger charge is 2.10. The number of likely N-dealkylation sites (N-methyl/N-ethyl adjacent to an activating group) is 1. The van der Waals surface area contributed by atoms with Crippen molar-refractivity contribution in [1.29, 1.82) is 0 Å². The number of aromatic nitrogens is 2. The fraction of sp³-hybridized carbons (Fsp3) is 0.348. The highest BCUT2D eigenvalue weighted by atomic mass is 16.5. The second-order valence-electron chi connectivity index (χ2n) is 7.22. The van der Waals surface area contributed by atoms with Gasteiger partial charge in [-0.3, -0.25) is 4.90 Å². The van der Waals surface area contributed by atoms with E-state index < -0.39 is 6.10 Å². The van der Waals surface area contributed by atoms with Crippen LogP contribution in [0.1, 0.15) is 11.4 Å². The van der Waals surface area contributed by atoms with E-state index in [4.69, 9.17) is 14.2 Å². The van der Waals surface area contributed by atoms with E-state index in [1.165, 1.54) is 0 Å². The van der Waals surface area contributed by atoms with Gasteiger partial charge in [0.2, 0.25) is 0 Å². The fourth-order valence-electron chi connectivity index (χ4n) is 3.03. The molecule has 0 saturated heterocycles. The van der Waals surface area contributed by atoms with Gasteiger partial charge in [-0.05, 0) is 49.0 Å². The van der Waals surface area contributed by atoms with Crippen LogP contribution in [0, 0.1) is 0 Å². The van der Waals surface area contributed by atoms with Gasteiger partial charge in [0.25, 0.3) is 0 Å². The van der Waals surface area contributed by atoms with Crippen LogP contribution in [0.25, 0.3) is 0 Å². The highest BCUT2D eigenvalue weighted by molar-refractivity contribution is 5.31. The first-order valence-electron chi connectivity index (χ1n) is 9.85. The standard InChI is InChI=1S/C23H29N3O4/c1-25(15-19(27)16-29-22-10-8-20(28-3)9-11-22)14-18-4-6-21(7-5-18)30-17-23-24-12-13-26(23)2/h4-13,19,27H,14-17H2,1-3H3/t19-/m0/s1. The maximum atomic E-state index is 10.3. The SMILES string of the molecule is COc1ccc(OC[C@@H](O)CN(C)Cc2ccc(OCc3nccn3C)cc2)cc1. The van der Waals surface area contributed by atoms with E-state index in [2.05, 4.69) is 9.88 Å². The molecule has 7 nitrogen and oxygen atoms in total. The number of ether oxygens (including phenoxy) is 3. The van der Waals surface area contributed by atoms with Crippen molar-refractivity contribution in [2.75, 3.05) is 27.3 Å². The van der Waals surface area contributed by atoms with Crippen molar-refractivity contribution in [2.45, 2.75) is 19.3 Å². The smallest absolute Gasteiger partial charge is 0.146 e. The van der Waals surface area contributed by atoms with Gasteiger partial charge < -0.3 is 23.9 Å². The Balaban J connectivity index is 1.40. The lowest BCUT2D eigenvalue weighted by atomic mass is 10.2. The van der Waals surface area contributed by atoms with Crippen LogP contribution in [0.3, 0.4) is 0 Å². The van der Waals surface area contributed by atoms with Gasteiger partial charge in [-0.1, -0.05) is 12.1 Å². The Hall–Kier alpha value is -3.03. The molecule has 160 valence electrons. The molecule has 2 aromatic carbocycles. The average molecular weight is 412 g/mol. The zero-order chi connectivity index (χ0) is 21.3. The van der Waals surface area contributed by atoms with Crippen molar-refractivity contribution < 1.29 is 19.3 Å². The predicted octanol–water partition coefficient (Wildman–Crippen LogP) is 2.88.